The summed E-state index contributed by atoms with van der Waals surface area (Å²) in [6.45, 7) is 3.14. The third-order valence-corrected chi connectivity index (χ3v) is 4.65. The van der Waals surface area contributed by atoms with E-state index in [2.05, 4.69) is 10.1 Å². The van der Waals surface area contributed by atoms with Gasteiger partial charge in [0.25, 0.3) is 5.91 Å². The van der Waals surface area contributed by atoms with Crippen molar-refractivity contribution >= 4 is 23.3 Å². The minimum atomic E-state index is -4.69. The standard InChI is InChI=1S/C19H22F4N6O/c1-10(2)13(15(25)27-9-11-5-3-4-6-12(11)20)14(24)16(26)28-29-17(30)18(7-8-18)19(21,22)23/h3-6,24H,7-9H2,1-2H3,(H2,25,27)(H2,26,28)(H,29,30). The van der Waals surface area contributed by atoms with Crippen LogP contribution in [-0.2, 0) is 11.3 Å². The minimum Gasteiger partial charge on any atom is -0.383 e. The lowest BCUT2D eigenvalue weighted by molar-refractivity contribution is -0.192. The molecule has 162 valence electrons. The molecule has 1 saturated carbocycles. The Kier molecular flexibility index (Phi) is 6.63. The van der Waals surface area contributed by atoms with Gasteiger partial charge in [-0.25, -0.2) is 9.82 Å². The number of nitrogens with zero attached hydrogens (tertiary/aromatic N) is 2. The first kappa shape index (κ1) is 23.0. The molecular weight excluding hydrogens is 404 g/mol. The molecule has 1 aromatic rings. The summed E-state index contributed by atoms with van der Waals surface area (Å²) in [5.74, 6) is -2.46. The van der Waals surface area contributed by atoms with Gasteiger partial charge >= 0.3 is 6.18 Å². The number of amides is 1. The summed E-state index contributed by atoms with van der Waals surface area (Å²) in [7, 11) is 0. The normalized spacial score (nSPS) is 16.1. The van der Waals surface area contributed by atoms with Crippen molar-refractivity contribution < 1.29 is 22.4 Å². The number of carbonyl (C=O) groups is 1. The summed E-state index contributed by atoms with van der Waals surface area (Å²) in [6.07, 6.45) is -5.35. The van der Waals surface area contributed by atoms with E-state index in [1.807, 2.05) is 0 Å². The van der Waals surface area contributed by atoms with Gasteiger partial charge in [-0.3, -0.25) is 15.2 Å². The third-order valence-electron chi connectivity index (χ3n) is 4.65. The van der Waals surface area contributed by atoms with Crippen LogP contribution in [0.25, 0.3) is 0 Å². The summed E-state index contributed by atoms with van der Waals surface area (Å²) in [4.78, 5) is 15.9. The molecule has 0 radical (unpaired) electrons. The molecule has 0 saturated heterocycles. The molecule has 1 amide bonds. The number of halogens is 4. The van der Waals surface area contributed by atoms with E-state index in [1.165, 1.54) is 18.2 Å². The van der Waals surface area contributed by atoms with Crippen LogP contribution in [0.3, 0.4) is 0 Å². The van der Waals surface area contributed by atoms with Gasteiger partial charge in [-0.05, 0) is 32.8 Å². The van der Waals surface area contributed by atoms with E-state index in [4.69, 9.17) is 16.9 Å². The Morgan fingerprint density at radius 2 is 1.80 bits per heavy atom. The molecule has 1 aliphatic carbocycles. The highest BCUT2D eigenvalue weighted by Gasteiger charge is 2.68. The van der Waals surface area contributed by atoms with Crippen LogP contribution in [0.4, 0.5) is 17.6 Å². The maximum absolute atomic E-state index is 13.7. The number of hydrogen-bond donors (Lipinski definition) is 4. The van der Waals surface area contributed by atoms with Crippen molar-refractivity contribution in [3.63, 3.8) is 0 Å². The molecule has 0 atom stereocenters. The first-order chi connectivity index (χ1) is 13.9. The van der Waals surface area contributed by atoms with Crippen molar-refractivity contribution in [2.45, 2.75) is 39.4 Å². The van der Waals surface area contributed by atoms with E-state index in [9.17, 15) is 22.4 Å². The Morgan fingerprint density at radius 3 is 2.30 bits per heavy atom. The molecule has 0 heterocycles. The van der Waals surface area contributed by atoms with Crippen LogP contribution in [0.1, 0.15) is 32.3 Å². The highest BCUT2D eigenvalue weighted by Crippen LogP contribution is 2.57. The second-order valence-corrected chi connectivity index (χ2v) is 7.06. The largest absolute Gasteiger partial charge is 0.403 e. The zero-order chi connectivity index (χ0) is 22.7. The summed E-state index contributed by atoms with van der Waals surface area (Å²) >= 11 is 0. The molecule has 0 aliphatic heterocycles. The van der Waals surface area contributed by atoms with Crippen molar-refractivity contribution in [1.29, 1.82) is 5.41 Å². The van der Waals surface area contributed by atoms with Crippen molar-refractivity contribution in [3.05, 3.63) is 46.8 Å². The van der Waals surface area contributed by atoms with Crippen LogP contribution in [0.15, 0.2) is 45.5 Å². The first-order valence-electron chi connectivity index (χ1n) is 8.91. The number of benzene rings is 1. The van der Waals surface area contributed by atoms with E-state index >= 15 is 0 Å². The number of amidine groups is 2. The summed E-state index contributed by atoms with van der Waals surface area (Å²) in [5.41, 5.74) is 11.4. The maximum atomic E-state index is 13.7. The highest BCUT2D eigenvalue weighted by atomic mass is 19.4. The molecule has 11 heteroatoms. The lowest BCUT2D eigenvalue weighted by Crippen LogP contribution is -2.41. The quantitative estimate of drug-likeness (QED) is 0.231. The lowest BCUT2D eigenvalue weighted by Gasteiger charge is -2.17. The van der Waals surface area contributed by atoms with Gasteiger partial charge in [-0.2, -0.15) is 18.3 Å². The molecule has 6 N–H and O–H groups in total. The topological polar surface area (TPSA) is 130 Å². The van der Waals surface area contributed by atoms with Crippen molar-refractivity contribution in [2.24, 2.45) is 27.0 Å². The summed E-state index contributed by atoms with van der Waals surface area (Å²) in [5, 5.41) is 11.6. The number of carbonyl (C=O) groups excluding carboxylic acids is 1. The lowest BCUT2D eigenvalue weighted by atomic mass is 10.0. The van der Waals surface area contributed by atoms with E-state index in [0.29, 0.717) is 5.57 Å². The molecule has 0 bridgehead atoms. The average molecular weight is 426 g/mol. The van der Waals surface area contributed by atoms with Crippen LogP contribution < -0.4 is 16.9 Å². The van der Waals surface area contributed by atoms with Crippen LogP contribution >= 0.6 is 0 Å². The fourth-order valence-corrected chi connectivity index (χ4v) is 2.68. The van der Waals surface area contributed by atoms with Gasteiger partial charge in [-0.1, -0.05) is 23.8 Å². The number of alkyl halides is 3. The molecule has 0 spiro atoms. The highest BCUT2D eigenvalue weighted by molar-refractivity contribution is 6.52. The number of allylic oxidation sites excluding steroid dienone is 1. The molecule has 0 aromatic heterocycles. The van der Waals surface area contributed by atoms with Gasteiger partial charge in [0.1, 0.15) is 22.8 Å². The second-order valence-electron chi connectivity index (χ2n) is 7.06. The van der Waals surface area contributed by atoms with E-state index in [-0.39, 0.29) is 36.4 Å². The Balaban J connectivity index is 2.16. The molecule has 1 fully saturated rings. The molecule has 0 unspecified atom stereocenters. The van der Waals surface area contributed by atoms with Gasteiger partial charge in [0, 0.05) is 11.1 Å². The van der Waals surface area contributed by atoms with E-state index in [1.54, 1.807) is 25.3 Å². The predicted molar refractivity (Wildman–Crippen MR) is 105 cm³/mol. The van der Waals surface area contributed by atoms with E-state index < -0.39 is 34.9 Å². The smallest absolute Gasteiger partial charge is 0.383 e. The number of nitrogens with two attached hydrogens (primary N) is 2. The number of aliphatic imine (C=N–C) groups is 1. The van der Waals surface area contributed by atoms with Gasteiger partial charge in [0.15, 0.2) is 5.84 Å². The van der Waals surface area contributed by atoms with Crippen LogP contribution in [0.2, 0.25) is 0 Å². The summed E-state index contributed by atoms with van der Waals surface area (Å²) < 4.78 is 52.6. The molecule has 1 aromatic carbocycles. The fraction of sp³-hybridized carbons (Fsp3) is 0.368. The Morgan fingerprint density at radius 1 is 1.20 bits per heavy atom. The second kappa shape index (κ2) is 8.64. The van der Waals surface area contributed by atoms with Crippen LogP contribution in [0.5, 0.6) is 0 Å². The van der Waals surface area contributed by atoms with Crippen LogP contribution in [0, 0.1) is 16.6 Å². The third kappa shape index (κ3) is 4.84. The van der Waals surface area contributed by atoms with Crippen molar-refractivity contribution in [3.8, 4) is 0 Å². The molecule has 30 heavy (non-hydrogen) atoms. The van der Waals surface area contributed by atoms with Crippen molar-refractivity contribution in [1.82, 2.24) is 5.43 Å². The van der Waals surface area contributed by atoms with Gasteiger partial charge in [0.2, 0.25) is 0 Å². The molecule has 1 aliphatic rings. The van der Waals surface area contributed by atoms with Crippen molar-refractivity contribution in [2.75, 3.05) is 0 Å². The monoisotopic (exact) mass is 426 g/mol. The predicted octanol–water partition coefficient (Wildman–Crippen LogP) is 2.77. The van der Waals surface area contributed by atoms with Crippen LogP contribution in [-0.4, -0.2) is 29.5 Å². The number of hydrogen-bond acceptors (Lipinski definition) is 4. The Bertz CT molecular complexity index is 941. The number of nitrogens with one attached hydrogen (secondary N) is 2. The van der Waals surface area contributed by atoms with Gasteiger partial charge < -0.3 is 11.5 Å². The molecular formula is C19H22F4N6O. The van der Waals surface area contributed by atoms with E-state index in [0.717, 1.165) is 0 Å². The SMILES string of the molecule is CC(C)=C(C(=N)/C(N)=N/NC(=O)C1(C(F)(F)F)CC1)C(N)=NCc1ccccc1F. The zero-order valence-corrected chi connectivity index (χ0v) is 16.4. The van der Waals surface area contributed by atoms with Gasteiger partial charge in [-0.15, -0.1) is 0 Å². The minimum absolute atomic E-state index is 0.0822. The molecule has 7 nitrogen and oxygen atoms in total. The zero-order valence-electron chi connectivity index (χ0n) is 16.4. The summed E-state index contributed by atoms with van der Waals surface area (Å²) in [6, 6.07) is 5.96. The molecule has 2 rings (SSSR count). The Hall–Kier alpha value is -3.24. The first-order valence-corrected chi connectivity index (χ1v) is 8.91. The Labute approximate surface area is 170 Å². The fourth-order valence-electron chi connectivity index (χ4n) is 2.68. The average Bonchev–Trinajstić information content (AvgIpc) is 3.47. The number of hydrazone groups is 1. The maximum Gasteiger partial charge on any atom is 0.403 e. The van der Waals surface area contributed by atoms with Gasteiger partial charge in [0.05, 0.1) is 6.54 Å². The number of rotatable bonds is 7.